The van der Waals surface area contributed by atoms with E-state index in [4.69, 9.17) is 4.42 Å². The largest absolute Gasteiger partial charge is 0.481 e. The number of rotatable bonds is 4. The first-order valence-corrected chi connectivity index (χ1v) is 7.08. The molecule has 20 heavy (non-hydrogen) atoms. The van der Waals surface area contributed by atoms with Crippen molar-refractivity contribution in [2.75, 3.05) is 0 Å². The van der Waals surface area contributed by atoms with Crippen molar-refractivity contribution >= 4 is 11.9 Å². The fraction of sp³-hybridized carbons (Fsp3) is 0.643. The van der Waals surface area contributed by atoms with E-state index < -0.39 is 11.4 Å². The molecule has 0 spiro atoms. The summed E-state index contributed by atoms with van der Waals surface area (Å²) in [6, 6.07) is -0.0570. The van der Waals surface area contributed by atoms with Crippen molar-refractivity contribution in [3.05, 3.63) is 17.8 Å². The lowest BCUT2D eigenvalue weighted by Gasteiger charge is -2.14. The quantitative estimate of drug-likeness (QED) is 0.870. The average molecular weight is 276 g/mol. The first kappa shape index (κ1) is 11.9. The summed E-state index contributed by atoms with van der Waals surface area (Å²) >= 11 is 0. The Kier molecular flexibility index (Phi) is 2.29. The van der Waals surface area contributed by atoms with E-state index in [1.54, 1.807) is 0 Å². The molecule has 3 aliphatic carbocycles. The van der Waals surface area contributed by atoms with Crippen molar-refractivity contribution in [2.45, 2.75) is 44.1 Å². The van der Waals surface area contributed by atoms with Crippen LogP contribution in [0.4, 0.5) is 0 Å². The van der Waals surface area contributed by atoms with Gasteiger partial charge in [-0.3, -0.25) is 9.59 Å². The van der Waals surface area contributed by atoms with Gasteiger partial charge in [0.05, 0.1) is 5.41 Å². The molecule has 3 aliphatic rings. The van der Waals surface area contributed by atoms with Crippen LogP contribution < -0.4 is 5.32 Å². The molecule has 3 atom stereocenters. The Hall–Kier alpha value is -1.85. The number of nitrogens with one attached hydrogen (secondary N) is 1. The summed E-state index contributed by atoms with van der Waals surface area (Å²) in [5, 5.41) is 12.1. The lowest BCUT2D eigenvalue weighted by molar-refractivity contribution is -0.143. The number of carboxylic acid groups (broad SMARTS) is 1. The molecular formula is C14H16N2O4. The van der Waals surface area contributed by atoms with Crippen LogP contribution >= 0.6 is 0 Å². The number of carbonyl (C=O) groups is 2. The second kappa shape index (κ2) is 3.84. The Morgan fingerprint density at radius 2 is 2.20 bits per heavy atom. The third-order valence-electron chi connectivity index (χ3n) is 4.85. The summed E-state index contributed by atoms with van der Waals surface area (Å²) in [5.41, 5.74) is -0.266. The number of carbonyl (C=O) groups excluding carboxylic acids is 1. The van der Waals surface area contributed by atoms with Crippen LogP contribution in [0.3, 0.4) is 0 Å². The van der Waals surface area contributed by atoms with E-state index in [1.165, 1.54) is 6.26 Å². The van der Waals surface area contributed by atoms with Gasteiger partial charge in [0.1, 0.15) is 6.26 Å². The number of carboxylic acids is 1. The van der Waals surface area contributed by atoms with Crippen molar-refractivity contribution in [1.29, 1.82) is 0 Å². The Morgan fingerprint density at radius 3 is 2.85 bits per heavy atom. The number of nitrogens with zero attached hydrogens (tertiary/aromatic N) is 1. The first-order chi connectivity index (χ1) is 9.58. The fourth-order valence-corrected chi connectivity index (χ4v) is 3.43. The van der Waals surface area contributed by atoms with E-state index in [1.807, 2.05) is 0 Å². The topological polar surface area (TPSA) is 92.4 Å². The molecular weight excluding hydrogens is 260 g/mol. The molecule has 0 bridgehead atoms. The maximum Gasteiger partial charge on any atom is 0.310 e. The number of hydrogen-bond donors (Lipinski definition) is 2. The van der Waals surface area contributed by atoms with Gasteiger partial charge in [-0.2, -0.15) is 0 Å². The van der Waals surface area contributed by atoms with Gasteiger partial charge in [0.2, 0.25) is 0 Å². The first-order valence-electron chi connectivity index (χ1n) is 7.08. The normalized spacial score (nSPS) is 34.6. The van der Waals surface area contributed by atoms with Crippen LogP contribution in [-0.4, -0.2) is 28.0 Å². The molecule has 2 N–H and O–H groups in total. The molecule has 6 nitrogen and oxygen atoms in total. The minimum atomic E-state index is -0.725. The molecule has 4 rings (SSSR count). The lowest BCUT2D eigenvalue weighted by atomic mass is 10.0. The minimum Gasteiger partial charge on any atom is -0.481 e. The third kappa shape index (κ3) is 1.74. The predicted molar refractivity (Wildman–Crippen MR) is 67.1 cm³/mol. The smallest absolute Gasteiger partial charge is 0.310 e. The summed E-state index contributed by atoms with van der Waals surface area (Å²) in [6.45, 7) is 0. The minimum absolute atomic E-state index is 0.0570. The van der Waals surface area contributed by atoms with Crippen molar-refractivity contribution < 1.29 is 19.1 Å². The van der Waals surface area contributed by atoms with Crippen molar-refractivity contribution in [2.24, 2.45) is 11.3 Å². The van der Waals surface area contributed by atoms with Gasteiger partial charge in [-0.15, -0.1) is 0 Å². The van der Waals surface area contributed by atoms with Crippen molar-refractivity contribution in [3.63, 3.8) is 0 Å². The molecule has 0 radical (unpaired) electrons. The van der Waals surface area contributed by atoms with Gasteiger partial charge >= 0.3 is 5.97 Å². The van der Waals surface area contributed by atoms with E-state index in [9.17, 15) is 14.7 Å². The summed E-state index contributed by atoms with van der Waals surface area (Å²) < 4.78 is 5.30. The molecule has 3 saturated carbocycles. The van der Waals surface area contributed by atoms with Gasteiger partial charge in [-0.05, 0) is 38.0 Å². The van der Waals surface area contributed by atoms with Gasteiger partial charge in [0.25, 0.3) is 5.91 Å². The molecule has 3 fully saturated rings. The molecule has 0 saturated heterocycles. The zero-order valence-electron chi connectivity index (χ0n) is 11.0. The standard InChI is InChI=1S/C14H16N2O4/c17-11(10-6-20-12(16-10)7-1-2-7)15-9-3-8-4-14(8,5-9)13(18)19/h6-9H,1-5H2,(H,15,17)(H,18,19)/t8-,9+,14+/m1/s1. The highest BCUT2D eigenvalue weighted by atomic mass is 16.4. The van der Waals surface area contributed by atoms with Crippen LogP contribution in [0.1, 0.15) is 54.4 Å². The van der Waals surface area contributed by atoms with Gasteiger partial charge in [0.15, 0.2) is 11.6 Å². The molecule has 0 aromatic carbocycles. The SMILES string of the molecule is O=C(N[C@H]1C[C@@H]2C[C@]2(C(=O)O)C1)c1coc(C2CC2)n1. The van der Waals surface area contributed by atoms with Crippen LogP contribution in [0.5, 0.6) is 0 Å². The van der Waals surface area contributed by atoms with E-state index in [0.29, 0.717) is 23.9 Å². The molecule has 1 aromatic heterocycles. The Bertz CT molecular complexity index is 592. The molecule has 0 aliphatic heterocycles. The molecule has 1 heterocycles. The van der Waals surface area contributed by atoms with E-state index >= 15 is 0 Å². The number of aromatic nitrogens is 1. The van der Waals surface area contributed by atoms with Crippen molar-refractivity contribution in [1.82, 2.24) is 10.3 Å². The maximum atomic E-state index is 12.1. The zero-order chi connectivity index (χ0) is 13.9. The van der Waals surface area contributed by atoms with E-state index in [0.717, 1.165) is 25.7 Å². The number of oxazole rings is 1. The lowest BCUT2D eigenvalue weighted by Crippen LogP contribution is -2.35. The second-order valence-electron chi connectivity index (χ2n) is 6.32. The highest BCUT2D eigenvalue weighted by Crippen LogP contribution is 2.63. The summed E-state index contributed by atoms with van der Waals surface area (Å²) in [6.07, 6.45) is 5.59. The van der Waals surface area contributed by atoms with Crippen LogP contribution in [0, 0.1) is 11.3 Å². The molecule has 1 aromatic rings. The van der Waals surface area contributed by atoms with Crippen LogP contribution in [-0.2, 0) is 4.79 Å². The second-order valence-corrected chi connectivity index (χ2v) is 6.32. The molecule has 6 heteroatoms. The number of amides is 1. The Labute approximate surface area is 115 Å². The predicted octanol–water partition coefficient (Wildman–Crippen LogP) is 1.54. The van der Waals surface area contributed by atoms with E-state index in [-0.39, 0.29) is 17.9 Å². The monoisotopic (exact) mass is 276 g/mol. The van der Waals surface area contributed by atoms with Gasteiger partial charge in [-0.25, -0.2) is 4.98 Å². The summed E-state index contributed by atoms with van der Waals surface area (Å²) in [5.74, 6) is 0.270. The average Bonchev–Trinajstić information content (AvgIpc) is 3.29. The Morgan fingerprint density at radius 1 is 1.40 bits per heavy atom. The van der Waals surface area contributed by atoms with Crippen LogP contribution in [0.15, 0.2) is 10.7 Å². The van der Waals surface area contributed by atoms with Crippen LogP contribution in [0.25, 0.3) is 0 Å². The number of aliphatic carboxylic acids is 1. The summed E-state index contributed by atoms with van der Waals surface area (Å²) in [7, 11) is 0. The number of fused-ring (bicyclic) bond motifs is 1. The highest BCUT2D eigenvalue weighted by molar-refractivity contribution is 5.92. The molecule has 106 valence electrons. The number of hydrogen-bond acceptors (Lipinski definition) is 4. The van der Waals surface area contributed by atoms with Gasteiger partial charge in [-0.1, -0.05) is 0 Å². The van der Waals surface area contributed by atoms with Gasteiger partial charge in [0, 0.05) is 12.0 Å². The molecule has 1 amide bonds. The van der Waals surface area contributed by atoms with E-state index in [2.05, 4.69) is 10.3 Å². The fourth-order valence-electron chi connectivity index (χ4n) is 3.43. The molecule has 0 unspecified atom stereocenters. The Balaban J connectivity index is 1.39. The van der Waals surface area contributed by atoms with Gasteiger partial charge < -0.3 is 14.8 Å². The summed E-state index contributed by atoms with van der Waals surface area (Å²) in [4.78, 5) is 27.5. The van der Waals surface area contributed by atoms with Crippen molar-refractivity contribution in [3.8, 4) is 0 Å². The zero-order valence-corrected chi connectivity index (χ0v) is 11.0. The maximum absolute atomic E-state index is 12.1. The van der Waals surface area contributed by atoms with Crippen LogP contribution in [0.2, 0.25) is 0 Å². The third-order valence-corrected chi connectivity index (χ3v) is 4.85. The highest BCUT2D eigenvalue weighted by Gasteiger charge is 2.65.